The van der Waals surface area contributed by atoms with E-state index in [1.165, 1.54) is 12.1 Å². The molecule has 2 rings (SSSR count). The number of amides is 2. The highest BCUT2D eigenvalue weighted by molar-refractivity contribution is 5.94. The van der Waals surface area contributed by atoms with Crippen LogP contribution in [-0.4, -0.2) is 42.6 Å². The van der Waals surface area contributed by atoms with Gasteiger partial charge in [-0.2, -0.15) is 0 Å². The molecule has 0 aromatic heterocycles. The lowest BCUT2D eigenvalue weighted by Crippen LogP contribution is -2.41. The lowest BCUT2D eigenvalue weighted by atomic mass is 10.2. The van der Waals surface area contributed by atoms with Crippen molar-refractivity contribution in [3.05, 3.63) is 29.8 Å². The van der Waals surface area contributed by atoms with Crippen LogP contribution in [0.15, 0.2) is 24.3 Å². The number of halogens is 1. The van der Waals surface area contributed by atoms with Crippen molar-refractivity contribution in [3.63, 3.8) is 0 Å². The molecule has 0 bridgehead atoms. The second kappa shape index (κ2) is 9.27. The van der Waals surface area contributed by atoms with E-state index in [1.807, 2.05) is 0 Å². The first-order valence-electron chi connectivity index (χ1n) is 7.25. The SMILES string of the molecule is Cl.O=C(NCCCNC(=O)C1CCCN1)c1cccc(O)c1. The number of carbonyl (C=O) groups is 2. The maximum Gasteiger partial charge on any atom is 0.251 e. The standard InChI is InChI=1S/C15H21N3O3.ClH/c19-12-5-1-4-11(10-12)14(20)17-8-3-9-18-15(21)13-6-2-7-16-13;/h1,4-5,10,13,16,19H,2-3,6-9H2,(H,17,20)(H,18,21);1H. The topological polar surface area (TPSA) is 90.5 Å². The molecule has 1 unspecified atom stereocenters. The average molecular weight is 328 g/mol. The van der Waals surface area contributed by atoms with E-state index in [4.69, 9.17) is 0 Å². The Bertz CT molecular complexity index is 505. The zero-order chi connectivity index (χ0) is 15.1. The van der Waals surface area contributed by atoms with Crippen LogP contribution in [0.25, 0.3) is 0 Å². The molecule has 2 amide bonds. The average Bonchev–Trinajstić information content (AvgIpc) is 3.00. The number of rotatable bonds is 6. The van der Waals surface area contributed by atoms with Crippen LogP contribution in [0.3, 0.4) is 0 Å². The third-order valence-electron chi connectivity index (χ3n) is 3.42. The first kappa shape index (κ1) is 18.3. The van der Waals surface area contributed by atoms with Crippen LogP contribution in [-0.2, 0) is 4.79 Å². The minimum Gasteiger partial charge on any atom is -0.508 e. The van der Waals surface area contributed by atoms with Crippen LogP contribution < -0.4 is 16.0 Å². The summed E-state index contributed by atoms with van der Waals surface area (Å²) in [5.41, 5.74) is 0.425. The summed E-state index contributed by atoms with van der Waals surface area (Å²) in [7, 11) is 0. The minimum absolute atomic E-state index is 0. The highest BCUT2D eigenvalue weighted by atomic mass is 35.5. The second-order valence-electron chi connectivity index (χ2n) is 5.10. The normalized spacial score (nSPS) is 16.6. The monoisotopic (exact) mass is 327 g/mol. The third kappa shape index (κ3) is 5.54. The Morgan fingerprint density at radius 3 is 2.73 bits per heavy atom. The van der Waals surface area contributed by atoms with Crippen LogP contribution >= 0.6 is 12.4 Å². The van der Waals surface area contributed by atoms with E-state index in [9.17, 15) is 14.7 Å². The molecule has 1 aliphatic rings. The van der Waals surface area contributed by atoms with Crippen LogP contribution in [0.1, 0.15) is 29.6 Å². The van der Waals surface area contributed by atoms with Gasteiger partial charge in [0, 0.05) is 18.7 Å². The summed E-state index contributed by atoms with van der Waals surface area (Å²) in [6.07, 6.45) is 2.60. The first-order valence-corrected chi connectivity index (χ1v) is 7.25. The van der Waals surface area contributed by atoms with E-state index in [1.54, 1.807) is 12.1 Å². The van der Waals surface area contributed by atoms with Gasteiger partial charge in [-0.05, 0) is 44.0 Å². The Kier molecular flexibility index (Phi) is 7.70. The van der Waals surface area contributed by atoms with E-state index in [2.05, 4.69) is 16.0 Å². The van der Waals surface area contributed by atoms with Gasteiger partial charge in [-0.1, -0.05) is 6.07 Å². The van der Waals surface area contributed by atoms with E-state index >= 15 is 0 Å². The van der Waals surface area contributed by atoms with Crippen molar-refractivity contribution in [3.8, 4) is 5.75 Å². The number of aromatic hydroxyl groups is 1. The maximum atomic E-state index is 11.8. The van der Waals surface area contributed by atoms with Crippen LogP contribution in [0.2, 0.25) is 0 Å². The van der Waals surface area contributed by atoms with E-state index < -0.39 is 0 Å². The molecule has 7 heteroatoms. The fourth-order valence-electron chi connectivity index (χ4n) is 2.28. The van der Waals surface area contributed by atoms with E-state index in [-0.39, 0.29) is 36.0 Å². The fraction of sp³-hybridized carbons (Fsp3) is 0.467. The van der Waals surface area contributed by atoms with Gasteiger partial charge in [0.15, 0.2) is 0 Å². The van der Waals surface area contributed by atoms with Gasteiger partial charge in [-0.15, -0.1) is 12.4 Å². The number of phenols is 1. The molecule has 0 radical (unpaired) electrons. The molecule has 0 spiro atoms. The lowest BCUT2D eigenvalue weighted by Gasteiger charge is -2.11. The number of phenolic OH excluding ortho intramolecular Hbond substituents is 1. The van der Waals surface area contributed by atoms with Gasteiger partial charge >= 0.3 is 0 Å². The molecular formula is C15H22ClN3O3. The first-order chi connectivity index (χ1) is 10.2. The lowest BCUT2D eigenvalue weighted by molar-refractivity contribution is -0.122. The Morgan fingerprint density at radius 2 is 2.05 bits per heavy atom. The molecule has 0 saturated carbocycles. The molecule has 122 valence electrons. The van der Waals surface area contributed by atoms with Crippen molar-refractivity contribution in [2.75, 3.05) is 19.6 Å². The van der Waals surface area contributed by atoms with Crippen LogP contribution in [0, 0.1) is 0 Å². The number of carbonyl (C=O) groups excluding carboxylic acids is 2. The molecule has 4 N–H and O–H groups in total. The van der Waals surface area contributed by atoms with Crippen molar-refractivity contribution in [1.29, 1.82) is 0 Å². The van der Waals surface area contributed by atoms with E-state index in [0.29, 0.717) is 25.1 Å². The Hall–Kier alpha value is -1.79. The van der Waals surface area contributed by atoms with Gasteiger partial charge in [-0.3, -0.25) is 9.59 Å². The van der Waals surface area contributed by atoms with Crippen molar-refractivity contribution in [2.24, 2.45) is 0 Å². The Balaban J connectivity index is 0.00000242. The van der Waals surface area contributed by atoms with Gasteiger partial charge in [-0.25, -0.2) is 0 Å². The summed E-state index contributed by atoms with van der Waals surface area (Å²) in [5.74, 6) is -0.125. The molecule has 1 atom stereocenters. The number of benzene rings is 1. The summed E-state index contributed by atoms with van der Waals surface area (Å²) in [6.45, 7) is 1.92. The number of nitrogens with one attached hydrogen (secondary N) is 3. The van der Waals surface area contributed by atoms with Gasteiger partial charge < -0.3 is 21.1 Å². The molecule has 1 aromatic rings. The van der Waals surface area contributed by atoms with Crippen molar-refractivity contribution < 1.29 is 14.7 Å². The zero-order valence-corrected chi connectivity index (χ0v) is 13.1. The Labute approximate surface area is 136 Å². The molecule has 1 heterocycles. The van der Waals surface area contributed by atoms with Crippen molar-refractivity contribution >= 4 is 24.2 Å². The summed E-state index contributed by atoms with van der Waals surface area (Å²) in [4.78, 5) is 23.5. The van der Waals surface area contributed by atoms with E-state index in [0.717, 1.165) is 19.4 Å². The maximum absolute atomic E-state index is 11.8. The molecule has 0 aliphatic carbocycles. The Morgan fingerprint density at radius 1 is 1.27 bits per heavy atom. The fourth-order valence-corrected chi connectivity index (χ4v) is 2.28. The molecular weight excluding hydrogens is 306 g/mol. The second-order valence-corrected chi connectivity index (χ2v) is 5.10. The summed E-state index contributed by atoms with van der Waals surface area (Å²) in [5, 5.41) is 18.0. The third-order valence-corrected chi connectivity index (χ3v) is 3.42. The zero-order valence-electron chi connectivity index (χ0n) is 12.3. The largest absolute Gasteiger partial charge is 0.508 e. The molecule has 1 saturated heterocycles. The van der Waals surface area contributed by atoms with Crippen molar-refractivity contribution in [2.45, 2.75) is 25.3 Å². The van der Waals surface area contributed by atoms with Crippen molar-refractivity contribution in [1.82, 2.24) is 16.0 Å². The van der Waals surface area contributed by atoms with Gasteiger partial charge in [0.1, 0.15) is 5.75 Å². The number of hydrogen-bond donors (Lipinski definition) is 4. The smallest absolute Gasteiger partial charge is 0.251 e. The highest BCUT2D eigenvalue weighted by Crippen LogP contribution is 2.10. The van der Waals surface area contributed by atoms with Gasteiger partial charge in [0.25, 0.3) is 5.91 Å². The summed E-state index contributed by atoms with van der Waals surface area (Å²) >= 11 is 0. The molecule has 1 aromatic carbocycles. The summed E-state index contributed by atoms with van der Waals surface area (Å²) in [6, 6.07) is 6.14. The predicted molar refractivity (Wildman–Crippen MR) is 86.3 cm³/mol. The highest BCUT2D eigenvalue weighted by Gasteiger charge is 2.21. The van der Waals surface area contributed by atoms with Gasteiger partial charge in [0.2, 0.25) is 5.91 Å². The quantitative estimate of drug-likeness (QED) is 0.582. The molecule has 6 nitrogen and oxygen atoms in total. The molecule has 1 aliphatic heterocycles. The summed E-state index contributed by atoms with van der Waals surface area (Å²) < 4.78 is 0. The molecule has 1 fully saturated rings. The van der Waals surface area contributed by atoms with Crippen LogP contribution in [0.5, 0.6) is 5.75 Å². The van der Waals surface area contributed by atoms with Gasteiger partial charge in [0.05, 0.1) is 6.04 Å². The molecule has 22 heavy (non-hydrogen) atoms. The van der Waals surface area contributed by atoms with Crippen LogP contribution in [0.4, 0.5) is 0 Å². The number of hydrogen-bond acceptors (Lipinski definition) is 4. The predicted octanol–water partition coefficient (Wildman–Crippen LogP) is 0.802. The minimum atomic E-state index is -0.227.